The summed E-state index contributed by atoms with van der Waals surface area (Å²) in [5.74, 6) is 0.681. The van der Waals surface area contributed by atoms with Crippen molar-refractivity contribution >= 4 is 6.03 Å². The highest BCUT2D eigenvalue weighted by molar-refractivity contribution is 5.76. The van der Waals surface area contributed by atoms with Crippen LogP contribution in [0.4, 0.5) is 4.79 Å². The van der Waals surface area contributed by atoms with Crippen LogP contribution in [0.25, 0.3) is 0 Å². The lowest BCUT2D eigenvalue weighted by Gasteiger charge is -2.17. The lowest BCUT2D eigenvalue weighted by molar-refractivity contribution is 0.184. The third-order valence-corrected chi connectivity index (χ3v) is 3.18. The van der Waals surface area contributed by atoms with Crippen molar-refractivity contribution in [1.82, 2.24) is 10.2 Å². The molecule has 0 saturated carbocycles. The number of hydrogen-bond acceptors (Lipinski definition) is 3. The molecule has 1 aromatic rings. The molecule has 0 unspecified atom stereocenters. The molecule has 2 N–H and O–H groups in total. The minimum absolute atomic E-state index is 0.0387. The number of aryl methyl sites for hydroxylation is 1. The summed E-state index contributed by atoms with van der Waals surface area (Å²) in [6.07, 6.45) is -0.565. The lowest BCUT2D eigenvalue weighted by atomic mass is 10.1. The number of carbonyl (C=O) groups excluding carboxylic acids is 1. The molecule has 1 saturated heterocycles. The van der Waals surface area contributed by atoms with E-state index < -0.39 is 6.10 Å². The number of nitrogens with one attached hydrogen (secondary N) is 1. The van der Waals surface area contributed by atoms with E-state index in [4.69, 9.17) is 4.74 Å². The molecule has 2 amide bonds. The van der Waals surface area contributed by atoms with E-state index in [1.54, 1.807) is 11.8 Å². The highest BCUT2D eigenvalue weighted by Crippen LogP contribution is 2.26. The Hall–Kier alpha value is -1.75. The van der Waals surface area contributed by atoms with Crippen molar-refractivity contribution in [2.75, 3.05) is 26.2 Å². The number of amides is 2. The molecule has 0 aliphatic carbocycles. The summed E-state index contributed by atoms with van der Waals surface area (Å²) in [6.45, 7) is 6.09. The Morgan fingerprint density at radius 1 is 1.53 bits per heavy atom. The summed E-state index contributed by atoms with van der Waals surface area (Å²) in [6, 6.07) is 5.69. The van der Waals surface area contributed by atoms with Gasteiger partial charge in [-0.2, -0.15) is 0 Å². The molecule has 1 aliphatic heterocycles. The highest BCUT2D eigenvalue weighted by atomic mass is 16.5. The van der Waals surface area contributed by atoms with Gasteiger partial charge in [0.2, 0.25) is 0 Å². The van der Waals surface area contributed by atoms with Crippen LogP contribution in [0.3, 0.4) is 0 Å². The molecule has 1 heterocycles. The molecule has 1 atom stereocenters. The highest BCUT2D eigenvalue weighted by Gasteiger charge is 2.19. The third kappa shape index (κ3) is 3.38. The van der Waals surface area contributed by atoms with Gasteiger partial charge in [-0.3, -0.25) is 0 Å². The van der Waals surface area contributed by atoms with Gasteiger partial charge in [-0.15, -0.1) is 0 Å². The minimum atomic E-state index is -0.565. The SMILES string of the molecule is Cc1ccc(OCCN2CCNC2=O)c([C@H](C)O)c1. The molecule has 5 nitrogen and oxygen atoms in total. The molecule has 1 fully saturated rings. The Morgan fingerprint density at radius 3 is 2.95 bits per heavy atom. The third-order valence-electron chi connectivity index (χ3n) is 3.18. The normalized spacial score (nSPS) is 16.4. The molecule has 19 heavy (non-hydrogen) atoms. The predicted octanol–water partition coefficient (Wildman–Crippen LogP) is 1.45. The molecule has 1 aliphatic rings. The zero-order chi connectivity index (χ0) is 13.8. The molecule has 1 aromatic carbocycles. The number of benzene rings is 1. The number of carbonyl (C=O) groups is 1. The van der Waals surface area contributed by atoms with Crippen molar-refractivity contribution in [1.29, 1.82) is 0 Å². The van der Waals surface area contributed by atoms with Gasteiger partial charge < -0.3 is 20.1 Å². The van der Waals surface area contributed by atoms with Crippen LogP contribution < -0.4 is 10.1 Å². The Morgan fingerprint density at radius 2 is 2.32 bits per heavy atom. The number of aliphatic hydroxyl groups is 1. The summed E-state index contributed by atoms with van der Waals surface area (Å²) < 4.78 is 5.68. The number of hydrogen-bond donors (Lipinski definition) is 2. The molecule has 104 valence electrons. The molecule has 2 rings (SSSR count). The van der Waals surface area contributed by atoms with Gasteiger partial charge in [0, 0.05) is 18.7 Å². The van der Waals surface area contributed by atoms with Crippen molar-refractivity contribution in [2.45, 2.75) is 20.0 Å². The van der Waals surface area contributed by atoms with Crippen molar-refractivity contribution in [3.8, 4) is 5.75 Å². The second-order valence-electron chi connectivity index (χ2n) is 4.78. The fourth-order valence-electron chi connectivity index (χ4n) is 2.12. The van der Waals surface area contributed by atoms with Crippen LogP contribution in [0.2, 0.25) is 0 Å². The van der Waals surface area contributed by atoms with E-state index in [1.165, 1.54) is 0 Å². The van der Waals surface area contributed by atoms with Crippen LogP contribution >= 0.6 is 0 Å². The standard InChI is InChI=1S/C14H20N2O3/c1-10-3-4-13(12(9-10)11(2)17)19-8-7-16-6-5-15-14(16)18/h3-4,9,11,17H,5-8H2,1-2H3,(H,15,18)/t11-/m0/s1. The van der Waals surface area contributed by atoms with Crippen molar-refractivity contribution < 1.29 is 14.6 Å². The first-order valence-electron chi connectivity index (χ1n) is 6.52. The fraction of sp³-hybridized carbons (Fsp3) is 0.500. The monoisotopic (exact) mass is 264 g/mol. The Labute approximate surface area is 113 Å². The zero-order valence-corrected chi connectivity index (χ0v) is 11.3. The fourth-order valence-corrected chi connectivity index (χ4v) is 2.12. The topological polar surface area (TPSA) is 61.8 Å². The maximum atomic E-state index is 11.4. The van der Waals surface area contributed by atoms with Crippen LogP contribution in [0.15, 0.2) is 18.2 Å². The number of aliphatic hydroxyl groups excluding tert-OH is 1. The summed E-state index contributed by atoms with van der Waals surface area (Å²) in [5, 5.41) is 12.5. The van der Waals surface area contributed by atoms with E-state index in [-0.39, 0.29) is 6.03 Å². The summed E-state index contributed by atoms with van der Waals surface area (Å²) in [4.78, 5) is 13.1. The van der Waals surface area contributed by atoms with Crippen molar-refractivity contribution in [2.24, 2.45) is 0 Å². The molecule has 0 radical (unpaired) electrons. The van der Waals surface area contributed by atoms with Crippen molar-refractivity contribution in [3.05, 3.63) is 29.3 Å². The smallest absolute Gasteiger partial charge is 0.317 e. The first-order chi connectivity index (χ1) is 9.08. The first-order valence-corrected chi connectivity index (χ1v) is 6.52. The van der Waals surface area contributed by atoms with Gasteiger partial charge in [-0.1, -0.05) is 11.6 Å². The number of nitrogens with zero attached hydrogens (tertiary/aromatic N) is 1. The van der Waals surface area contributed by atoms with Gasteiger partial charge in [0.05, 0.1) is 12.6 Å². The van der Waals surface area contributed by atoms with E-state index in [1.807, 2.05) is 25.1 Å². The van der Waals surface area contributed by atoms with E-state index in [0.29, 0.717) is 25.4 Å². The second kappa shape index (κ2) is 5.93. The predicted molar refractivity (Wildman–Crippen MR) is 72.3 cm³/mol. The van der Waals surface area contributed by atoms with Gasteiger partial charge in [0.15, 0.2) is 0 Å². The van der Waals surface area contributed by atoms with Gasteiger partial charge in [-0.25, -0.2) is 4.79 Å². The largest absolute Gasteiger partial charge is 0.491 e. The van der Waals surface area contributed by atoms with Crippen LogP contribution in [-0.2, 0) is 0 Å². The van der Waals surface area contributed by atoms with Gasteiger partial charge in [-0.05, 0) is 26.0 Å². The molecule has 0 bridgehead atoms. The summed E-state index contributed by atoms with van der Waals surface area (Å²) in [7, 11) is 0. The van der Waals surface area contributed by atoms with Gasteiger partial charge in [0.25, 0.3) is 0 Å². The Balaban J connectivity index is 1.93. The summed E-state index contributed by atoms with van der Waals surface area (Å²) in [5.41, 5.74) is 1.87. The van der Waals surface area contributed by atoms with E-state index >= 15 is 0 Å². The zero-order valence-electron chi connectivity index (χ0n) is 11.3. The molecule has 0 spiro atoms. The Kier molecular flexibility index (Phi) is 4.27. The Bertz CT molecular complexity index is 460. The maximum absolute atomic E-state index is 11.4. The van der Waals surface area contributed by atoms with Crippen LogP contribution in [-0.4, -0.2) is 42.3 Å². The lowest BCUT2D eigenvalue weighted by Crippen LogP contribution is -2.31. The van der Waals surface area contributed by atoms with E-state index in [9.17, 15) is 9.90 Å². The molecule has 5 heteroatoms. The number of urea groups is 1. The van der Waals surface area contributed by atoms with Crippen molar-refractivity contribution in [3.63, 3.8) is 0 Å². The van der Waals surface area contributed by atoms with Gasteiger partial charge in [0.1, 0.15) is 12.4 Å². The maximum Gasteiger partial charge on any atom is 0.317 e. The van der Waals surface area contributed by atoms with Crippen LogP contribution in [0.5, 0.6) is 5.75 Å². The van der Waals surface area contributed by atoms with Crippen LogP contribution in [0.1, 0.15) is 24.2 Å². The number of rotatable bonds is 5. The second-order valence-corrected chi connectivity index (χ2v) is 4.78. The molecular weight excluding hydrogens is 244 g/mol. The van der Waals surface area contributed by atoms with E-state index in [0.717, 1.165) is 17.7 Å². The molecule has 0 aromatic heterocycles. The first kappa shape index (κ1) is 13.7. The quantitative estimate of drug-likeness (QED) is 0.846. The average molecular weight is 264 g/mol. The number of ether oxygens (including phenoxy) is 1. The minimum Gasteiger partial charge on any atom is -0.491 e. The van der Waals surface area contributed by atoms with Gasteiger partial charge >= 0.3 is 6.03 Å². The molecular formula is C14H20N2O3. The van der Waals surface area contributed by atoms with Crippen LogP contribution in [0, 0.1) is 6.92 Å². The van der Waals surface area contributed by atoms with E-state index in [2.05, 4.69) is 5.32 Å². The summed E-state index contributed by atoms with van der Waals surface area (Å²) >= 11 is 0. The average Bonchev–Trinajstić information content (AvgIpc) is 2.77.